The summed E-state index contributed by atoms with van der Waals surface area (Å²) in [5.41, 5.74) is 2.38. The van der Waals surface area contributed by atoms with Gasteiger partial charge in [0.1, 0.15) is 0 Å². The number of H-pyrrole nitrogens is 1. The van der Waals surface area contributed by atoms with Crippen LogP contribution in [0.2, 0.25) is 0 Å². The van der Waals surface area contributed by atoms with Crippen LogP contribution < -0.4 is 5.32 Å². The number of aromatic nitrogens is 2. The van der Waals surface area contributed by atoms with Gasteiger partial charge in [-0.3, -0.25) is 5.10 Å². The van der Waals surface area contributed by atoms with E-state index in [1.165, 1.54) is 10.4 Å². The molecule has 0 atom stereocenters. The van der Waals surface area contributed by atoms with Crippen molar-refractivity contribution in [2.45, 2.75) is 25.4 Å². The van der Waals surface area contributed by atoms with Crippen molar-refractivity contribution in [1.29, 1.82) is 0 Å². The van der Waals surface area contributed by atoms with Crippen molar-refractivity contribution in [2.24, 2.45) is 0 Å². The molecule has 0 aromatic carbocycles. The molecule has 2 N–H and O–H groups in total. The molecule has 3 rings (SSSR count). The lowest BCUT2D eigenvalue weighted by molar-refractivity contribution is 0.0776. The second-order valence-electron chi connectivity index (χ2n) is 4.52. The van der Waals surface area contributed by atoms with Gasteiger partial charge in [0.2, 0.25) is 0 Å². The van der Waals surface area contributed by atoms with Gasteiger partial charge in [-0.05, 0) is 24.3 Å². The van der Waals surface area contributed by atoms with Crippen LogP contribution in [0.5, 0.6) is 0 Å². The average molecular weight is 263 g/mol. The highest BCUT2D eigenvalue weighted by Crippen LogP contribution is 2.25. The molecule has 1 aliphatic rings. The van der Waals surface area contributed by atoms with Crippen LogP contribution >= 0.6 is 11.3 Å². The van der Waals surface area contributed by atoms with Crippen molar-refractivity contribution in [2.75, 3.05) is 13.2 Å². The van der Waals surface area contributed by atoms with Crippen molar-refractivity contribution in [1.82, 2.24) is 15.5 Å². The molecule has 2 aromatic rings. The monoisotopic (exact) mass is 263 g/mol. The largest absolute Gasteiger partial charge is 0.381 e. The molecule has 18 heavy (non-hydrogen) atoms. The summed E-state index contributed by atoms with van der Waals surface area (Å²) < 4.78 is 5.36. The first-order valence-electron chi connectivity index (χ1n) is 6.31. The second-order valence-corrected chi connectivity index (χ2v) is 5.46. The van der Waals surface area contributed by atoms with Gasteiger partial charge in [-0.25, -0.2) is 0 Å². The molecule has 2 aromatic heterocycles. The summed E-state index contributed by atoms with van der Waals surface area (Å²) in [5.74, 6) is 0. The lowest BCUT2D eigenvalue weighted by Gasteiger charge is -2.23. The second kappa shape index (κ2) is 5.65. The maximum atomic E-state index is 5.36. The Morgan fingerprint density at radius 1 is 1.44 bits per heavy atom. The lowest BCUT2D eigenvalue weighted by Crippen LogP contribution is -2.34. The number of nitrogens with zero attached hydrogens (tertiary/aromatic N) is 1. The minimum atomic E-state index is 0.574. The lowest BCUT2D eigenvalue weighted by atomic mass is 10.1. The normalized spacial score (nSPS) is 17.1. The van der Waals surface area contributed by atoms with Gasteiger partial charge >= 0.3 is 0 Å². The summed E-state index contributed by atoms with van der Waals surface area (Å²) in [5, 5.41) is 12.9. The quantitative estimate of drug-likeness (QED) is 0.890. The standard InChI is InChI=1S/C13H17N3OS/c1-2-12(18-7-1)13-10(9-15-16-13)8-14-11-3-5-17-6-4-11/h1-2,7,9,11,14H,3-6,8H2,(H,15,16). The van der Waals surface area contributed by atoms with Crippen LogP contribution in [0.15, 0.2) is 23.7 Å². The molecule has 5 heteroatoms. The zero-order chi connectivity index (χ0) is 12.2. The van der Waals surface area contributed by atoms with E-state index in [0.717, 1.165) is 38.3 Å². The SMILES string of the molecule is c1csc(-c2[nH]ncc2CNC2CCOCC2)c1. The Bertz CT molecular complexity index is 474. The van der Waals surface area contributed by atoms with Gasteiger partial charge in [-0.2, -0.15) is 5.10 Å². The smallest absolute Gasteiger partial charge is 0.0794 e. The Morgan fingerprint density at radius 3 is 3.11 bits per heavy atom. The first-order chi connectivity index (χ1) is 8.93. The molecular formula is C13H17N3OS. The fourth-order valence-electron chi connectivity index (χ4n) is 2.24. The van der Waals surface area contributed by atoms with Gasteiger partial charge in [0, 0.05) is 31.4 Å². The first kappa shape index (κ1) is 11.9. The predicted octanol–water partition coefficient (Wildman–Crippen LogP) is 2.41. The van der Waals surface area contributed by atoms with E-state index < -0.39 is 0 Å². The Morgan fingerprint density at radius 2 is 2.33 bits per heavy atom. The summed E-state index contributed by atoms with van der Waals surface area (Å²) in [6.07, 6.45) is 4.12. The average Bonchev–Trinajstić information content (AvgIpc) is 3.08. The molecule has 1 saturated heterocycles. The van der Waals surface area contributed by atoms with Gasteiger partial charge in [0.15, 0.2) is 0 Å². The van der Waals surface area contributed by atoms with E-state index in [1.54, 1.807) is 11.3 Å². The summed E-state index contributed by atoms with van der Waals surface area (Å²) in [6.45, 7) is 2.62. The van der Waals surface area contributed by atoms with Crippen LogP contribution in [-0.2, 0) is 11.3 Å². The molecular weight excluding hydrogens is 246 g/mol. The van der Waals surface area contributed by atoms with E-state index in [-0.39, 0.29) is 0 Å². The van der Waals surface area contributed by atoms with Crippen molar-refractivity contribution >= 4 is 11.3 Å². The highest BCUT2D eigenvalue weighted by atomic mass is 32.1. The van der Waals surface area contributed by atoms with E-state index in [0.29, 0.717) is 6.04 Å². The maximum Gasteiger partial charge on any atom is 0.0794 e. The van der Waals surface area contributed by atoms with Crippen LogP contribution in [-0.4, -0.2) is 29.5 Å². The minimum absolute atomic E-state index is 0.574. The van der Waals surface area contributed by atoms with Crippen molar-refractivity contribution in [3.8, 4) is 10.6 Å². The molecule has 1 aliphatic heterocycles. The zero-order valence-corrected chi connectivity index (χ0v) is 11.0. The van der Waals surface area contributed by atoms with Gasteiger partial charge in [-0.15, -0.1) is 11.3 Å². The number of thiophene rings is 1. The number of hydrogen-bond donors (Lipinski definition) is 2. The van der Waals surface area contributed by atoms with Crippen LogP contribution in [0.1, 0.15) is 18.4 Å². The molecule has 0 radical (unpaired) electrons. The number of rotatable bonds is 4. The van der Waals surface area contributed by atoms with E-state index in [2.05, 4.69) is 33.0 Å². The zero-order valence-electron chi connectivity index (χ0n) is 10.2. The molecule has 0 spiro atoms. The molecule has 3 heterocycles. The van der Waals surface area contributed by atoms with Gasteiger partial charge in [0.05, 0.1) is 16.8 Å². The van der Waals surface area contributed by atoms with Crippen molar-refractivity contribution < 1.29 is 4.74 Å². The van der Waals surface area contributed by atoms with Crippen LogP contribution in [0.4, 0.5) is 0 Å². The fourth-order valence-corrected chi connectivity index (χ4v) is 2.99. The molecule has 0 aliphatic carbocycles. The summed E-state index contributed by atoms with van der Waals surface area (Å²) >= 11 is 1.74. The third-order valence-corrected chi connectivity index (χ3v) is 4.18. The van der Waals surface area contributed by atoms with E-state index in [4.69, 9.17) is 4.74 Å². The number of hydrogen-bond acceptors (Lipinski definition) is 4. The Hall–Kier alpha value is -1.17. The Labute approximate surface area is 110 Å². The van der Waals surface area contributed by atoms with Crippen molar-refractivity contribution in [3.63, 3.8) is 0 Å². The number of nitrogens with one attached hydrogen (secondary N) is 2. The van der Waals surface area contributed by atoms with E-state index in [9.17, 15) is 0 Å². The van der Waals surface area contributed by atoms with Gasteiger partial charge < -0.3 is 10.1 Å². The summed E-state index contributed by atoms with van der Waals surface area (Å²) in [4.78, 5) is 1.25. The molecule has 0 unspecified atom stereocenters. The minimum Gasteiger partial charge on any atom is -0.381 e. The number of aromatic amines is 1. The topological polar surface area (TPSA) is 49.9 Å². The Balaban J connectivity index is 1.64. The molecule has 1 fully saturated rings. The van der Waals surface area contributed by atoms with E-state index in [1.807, 2.05) is 6.20 Å². The molecule has 4 nitrogen and oxygen atoms in total. The Kier molecular flexibility index (Phi) is 3.73. The summed E-state index contributed by atoms with van der Waals surface area (Å²) in [7, 11) is 0. The highest BCUT2D eigenvalue weighted by molar-refractivity contribution is 7.13. The fraction of sp³-hybridized carbons (Fsp3) is 0.462. The van der Waals surface area contributed by atoms with Crippen LogP contribution in [0.25, 0.3) is 10.6 Å². The van der Waals surface area contributed by atoms with Crippen molar-refractivity contribution in [3.05, 3.63) is 29.3 Å². The molecule has 0 amide bonds. The van der Waals surface area contributed by atoms with Crippen LogP contribution in [0.3, 0.4) is 0 Å². The molecule has 0 bridgehead atoms. The van der Waals surface area contributed by atoms with Gasteiger partial charge in [0.25, 0.3) is 0 Å². The summed E-state index contributed by atoms with van der Waals surface area (Å²) in [6, 6.07) is 4.76. The molecule has 0 saturated carbocycles. The molecule has 96 valence electrons. The third kappa shape index (κ3) is 2.63. The predicted molar refractivity (Wildman–Crippen MR) is 72.6 cm³/mol. The highest BCUT2D eigenvalue weighted by Gasteiger charge is 2.14. The van der Waals surface area contributed by atoms with Crippen LogP contribution in [0, 0.1) is 0 Å². The third-order valence-electron chi connectivity index (χ3n) is 3.29. The number of ether oxygens (including phenoxy) is 1. The van der Waals surface area contributed by atoms with Gasteiger partial charge in [-0.1, -0.05) is 6.07 Å². The maximum absolute atomic E-state index is 5.36. The first-order valence-corrected chi connectivity index (χ1v) is 7.18. The van der Waals surface area contributed by atoms with E-state index >= 15 is 0 Å².